The first-order valence-corrected chi connectivity index (χ1v) is 9.44. The van der Waals surface area contributed by atoms with Crippen LogP contribution in [0.4, 0.5) is 0 Å². The summed E-state index contributed by atoms with van der Waals surface area (Å²) < 4.78 is 17.0. The molecule has 1 aromatic carbocycles. The van der Waals surface area contributed by atoms with E-state index in [-0.39, 0.29) is 5.60 Å². The second kappa shape index (κ2) is 8.99. The van der Waals surface area contributed by atoms with Gasteiger partial charge < -0.3 is 19.3 Å². The van der Waals surface area contributed by atoms with Crippen LogP contribution in [0.3, 0.4) is 0 Å². The largest absolute Gasteiger partial charge is 0.497 e. The first-order valence-electron chi connectivity index (χ1n) is 9.44. The van der Waals surface area contributed by atoms with Crippen molar-refractivity contribution in [1.29, 1.82) is 0 Å². The Labute approximate surface area is 150 Å². The third kappa shape index (κ3) is 5.42. The zero-order valence-corrected chi connectivity index (χ0v) is 15.3. The minimum Gasteiger partial charge on any atom is -0.497 e. The highest BCUT2D eigenvalue weighted by Gasteiger charge is 2.37. The van der Waals surface area contributed by atoms with Gasteiger partial charge in [-0.2, -0.15) is 0 Å². The molecule has 2 aliphatic rings. The Bertz CT molecular complexity index is 525. The van der Waals surface area contributed by atoms with Gasteiger partial charge >= 0.3 is 0 Å². The lowest BCUT2D eigenvalue weighted by Crippen LogP contribution is -2.54. The van der Waals surface area contributed by atoms with Crippen LogP contribution in [-0.4, -0.2) is 61.7 Å². The van der Waals surface area contributed by atoms with Crippen molar-refractivity contribution in [3.05, 3.63) is 29.8 Å². The maximum Gasteiger partial charge on any atom is 0.119 e. The highest BCUT2D eigenvalue weighted by molar-refractivity contribution is 5.27. The second-order valence-electron chi connectivity index (χ2n) is 7.35. The number of aliphatic hydroxyl groups excluding tert-OH is 1. The van der Waals surface area contributed by atoms with E-state index in [9.17, 15) is 5.11 Å². The molecule has 2 fully saturated rings. The highest BCUT2D eigenvalue weighted by atomic mass is 16.5. The van der Waals surface area contributed by atoms with Gasteiger partial charge in [0.05, 0.1) is 38.6 Å². The molecule has 1 N–H and O–H groups in total. The van der Waals surface area contributed by atoms with Crippen LogP contribution in [0, 0.1) is 0 Å². The van der Waals surface area contributed by atoms with Crippen molar-refractivity contribution in [1.82, 2.24) is 4.90 Å². The van der Waals surface area contributed by atoms with Gasteiger partial charge in [0.25, 0.3) is 0 Å². The summed E-state index contributed by atoms with van der Waals surface area (Å²) in [6, 6.07) is 7.83. The van der Waals surface area contributed by atoms with Gasteiger partial charge in [-0.1, -0.05) is 31.4 Å². The third-order valence-corrected chi connectivity index (χ3v) is 5.27. The van der Waals surface area contributed by atoms with Crippen molar-refractivity contribution in [3.63, 3.8) is 0 Å². The number of morpholine rings is 1. The van der Waals surface area contributed by atoms with Gasteiger partial charge in [-0.05, 0) is 30.5 Å². The zero-order chi connectivity index (χ0) is 17.5. The zero-order valence-electron chi connectivity index (χ0n) is 15.3. The SMILES string of the molecule is COc1cccc(COC[C@@H](O)CN2CCOC3(CCCCC3)C2)c1. The first kappa shape index (κ1) is 18.6. The number of benzene rings is 1. The van der Waals surface area contributed by atoms with E-state index in [4.69, 9.17) is 14.2 Å². The molecule has 5 nitrogen and oxygen atoms in total. The Balaban J connectivity index is 1.40. The van der Waals surface area contributed by atoms with Gasteiger partial charge in [-0.25, -0.2) is 0 Å². The maximum atomic E-state index is 10.3. The molecule has 3 rings (SSSR count). The molecule has 0 bridgehead atoms. The van der Waals surface area contributed by atoms with Crippen LogP contribution in [0.25, 0.3) is 0 Å². The lowest BCUT2D eigenvalue weighted by atomic mass is 9.83. The Kier molecular flexibility index (Phi) is 6.70. The molecule has 1 heterocycles. The first-order chi connectivity index (χ1) is 12.2. The Morgan fingerprint density at radius 1 is 1.28 bits per heavy atom. The predicted molar refractivity (Wildman–Crippen MR) is 96.9 cm³/mol. The van der Waals surface area contributed by atoms with Crippen LogP contribution in [-0.2, 0) is 16.1 Å². The van der Waals surface area contributed by atoms with Gasteiger partial charge in [0.15, 0.2) is 0 Å². The fourth-order valence-electron chi connectivity index (χ4n) is 4.00. The fourth-order valence-corrected chi connectivity index (χ4v) is 4.00. The molecule has 1 saturated carbocycles. The summed E-state index contributed by atoms with van der Waals surface area (Å²) >= 11 is 0. The summed E-state index contributed by atoms with van der Waals surface area (Å²) in [5.41, 5.74) is 1.09. The smallest absolute Gasteiger partial charge is 0.119 e. The summed E-state index contributed by atoms with van der Waals surface area (Å²) in [5.74, 6) is 0.827. The molecule has 1 spiro atoms. The van der Waals surface area contributed by atoms with Gasteiger partial charge in [0, 0.05) is 19.6 Å². The van der Waals surface area contributed by atoms with Gasteiger partial charge in [0.2, 0.25) is 0 Å². The normalized spacial score (nSPS) is 22.0. The van der Waals surface area contributed by atoms with Crippen LogP contribution in [0.1, 0.15) is 37.7 Å². The standard InChI is InChI=1S/C20H31NO4/c1-23-19-7-5-6-17(12-19)14-24-15-18(22)13-21-10-11-25-20(16-21)8-3-2-4-9-20/h5-7,12,18,22H,2-4,8-11,13-16H2,1H3/t18-/m0/s1. The van der Waals surface area contributed by atoms with E-state index < -0.39 is 6.10 Å². The van der Waals surface area contributed by atoms with Crippen LogP contribution in [0.15, 0.2) is 24.3 Å². The predicted octanol–water partition coefficient (Wildman–Crippen LogP) is 2.61. The van der Waals surface area contributed by atoms with E-state index in [1.807, 2.05) is 24.3 Å². The molecule has 1 saturated heterocycles. The number of nitrogens with zero attached hydrogens (tertiary/aromatic N) is 1. The van der Waals surface area contributed by atoms with Crippen molar-refractivity contribution in [2.75, 3.05) is 40.0 Å². The van der Waals surface area contributed by atoms with E-state index in [1.54, 1.807) is 7.11 Å². The molecule has 1 aliphatic heterocycles. The summed E-state index contributed by atoms with van der Waals surface area (Å²) in [6.07, 6.45) is 5.70. The van der Waals surface area contributed by atoms with Gasteiger partial charge in [0.1, 0.15) is 5.75 Å². The van der Waals surface area contributed by atoms with E-state index in [1.165, 1.54) is 19.3 Å². The monoisotopic (exact) mass is 349 g/mol. The molecule has 0 radical (unpaired) electrons. The lowest BCUT2D eigenvalue weighted by molar-refractivity contribution is -0.134. The summed E-state index contributed by atoms with van der Waals surface area (Å²) in [5, 5.41) is 10.3. The average molecular weight is 349 g/mol. The molecule has 0 unspecified atom stereocenters. The van der Waals surface area contributed by atoms with E-state index in [0.717, 1.165) is 43.9 Å². The molecule has 1 atom stereocenters. The van der Waals surface area contributed by atoms with Crippen molar-refractivity contribution in [2.24, 2.45) is 0 Å². The van der Waals surface area contributed by atoms with E-state index in [0.29, 0.717) is 19.8 Å². The number of β-amino-alcohol motifs (C(OH)–C–C–N with tert-alkyl or cyclic N) is 1. The Morgan fingerprint density at radius 3 is 2.92 bits per heavy atom. The summed E-state index contributed by atoms with van der Waals surface area (Å²) in [7, 11) is 1.66. The average Bonchev–Trinajstić information content (AvgIpc) is 2.62. The molecule has 1 aromatic rings. The number of hydrogen-bond acceptors (Lipinski definition) is 5. The quantitative estimate of drug-likeness (QED) is 0.820. The second-order valence-corrected chi connectivity index (χ2v) is 7.35. The molecule has 25 heavy (non-hydrogen) atoms. The number of hydrogen-bond donors (Lipinski definition) is 1. The van der Waals surface area contributed by atoms with Crippen molar-refractivity contribution in [3.8, 4) is 5.75 Å². The van der Waals surface area contributed by atoms with Crippen LogP contribution < -0.4 is 4.74 Å². The molecule has 0 amide bonds. The Hall–Kier alpha value is -1.14. The molecule has 5 heteroatoms. The molecular formula is C20H31NO4. The number of ether oxygens (including phenoxy) is 3. The summed E-state index contributed by atoms with van der Waals surface area (Å²) in [4.78, 5) is 2.34. The minimum atomic E-state index is -0.468. The van der Waals surface area contributed by atoms with Gasteiger partial charge in [-0.3, -0.25) is 4.90 Å². The fraction of sp³-hybridized carbons (Fsp3) is 0.700. The van der Waals surface area contributed by atoms with Crippen LogP contribution in [0.2, 0.25) is 0 Å². The third-order valence-electron chi connectivity index (χ3n) is 5.27. The van der Waals surface area contributed by atoms with Crippen molar-refractivity contribution in [2.45, 2.75) is 50.4 Å². The molecular weight excluding hydrogens is 318 g/mol. The van der Waals surface area contributed by atoms with Gasteiger partial charge in [-0.15, -0.1) is 0 Å². The van der Waals surface area contributed by atoms with Crippen molar-refractivity contribution >= 4 is 0 Å². The van der Waals surface area contributed by atoms with E-state index in [2.05, 4.69) is 4.90 Å². The molecule has 0 aromatic heterocycles. The highest BCUT2D eigenvalue weighted by Crippen LogP contribution is 2.34. The lowest BCUT2D eigenvalue weighted by Gasteiger charge is -2.45. The number of aliphatic hydroxyl groups is 1. The number of rotatable bonds is 7. The van der Waals surface area contributed by atoms with E-state index >= 15 is 0 Å². The maximum absolute atomic E-state index is 10.3. The Morgan fingerprint density at radius 2 is 2.12 bits per heavy atom. The minimum absolute atomic E-state index is 0.0394. The van der Waals surface area contributed by atoms with Crippen molar-refractivity contribution < 1.29 is 19.3 Å². The topological polar surface area (TPSA) is 51.2 Å². The number of methoxy groups -OCH3 is 1. The molecule has 140 valence electrons. The van der Waals surface area contributed by atoms with Crippen LogP contribution >= 0.6 is 0 Å². The summed E-state index contributed by atoms with van der Waals surface area (Å²) in [6.45, 7) is 4.11. The van der Waals surface area contributed by atoms with Crippen LogP contribution in [0.5, 0.6) is 5.75 Å². The molecule has 1 aliphatic carbocycles.